The maximum absolute atomic E-state index is 12.5. The first-order chi connectivity index (χ1) is 23.6. The summed E-state index contributed by atoms with van der Waals surface area (Å²) in [6, 6.07) is 0. The van der Waals surface area contributed by atoms with Crippen molar-refractivity contribution in [2.24, 2.45) is 0 Å². The summed E-state index contributed by atoms with van der Waals surface area (Å²) in [5.41, 5.74) is 0. The van der Waals surface area contributed by atoms with Gasteiger partial charge in [-0.05, 0) is 57.8 Å². The van der Waals surface area contributed by atoms with Crippen molar-refractivity contribution in [2.75, 3.05) is 19.8 Å². The van der Waals surface area contributed by atoms with Crippen LogP contribution in [-0.4, -0.2) is 37.9 Å². The quantitative estimate of drug-likeness (QED) is 0.0381. The first-order valence-corrected chi connectivity index (χ1v) is 19.8. The molecule has 0 spiro atoms. The van der Waals surface area contributed by atoms with Crippen molar-refractivity contribution in [3.05, 3.63) is 60.8 Å². The summed E-state index contributed by atoms with van der Waals surface area (Å²) >= 11 is 0. The zero-order chi connectivity index (χ0) is 35.0. The van der Waals surface area contributed by atoms with Crippen molar-refractivity contribution < 1.29 is 23.8 Å². The lowest BCUT2D eigenvalue weighted by Crippen LogP contribution is -2.30. The summed E-state index contributed by atoms with van der Waals surface area (Å²) in [5.74, 6) is -0.525. The van der Waals surface area contributed by atoms with E-state index in [1.54, 1.807) is 0 Å². The lowest BCUT2D eigenvalue weighted by molar-refractivity contribution is -0.162. The summed E-state index contributed by atoms with van der Waals surface area (Å²) in [4.78, 5) is 24.4. The molecule has 276 valence electrons. The molecule has 1 atom stereocenters. The average molecular weight is 671 g/mol. The van der Waals surface area contributed by atoms with E-state index in [0.29, 0.717) is 19.4 Å². The number of carbonyl (C=O) groups is 2. The zero-order valence-corrected chi connectivity index (χ0v) is 31.5. The van der Waals surface area contributed by atoms with Gasteiger partial charge < -0.3 is 14.2 Å². The molecule has 0 heterocycles. The minimum Gasteiger partial charge on any atom is -0.462 e. The van der Waals surface area contributed by atoms with Gasteiger partial charge in [-0.2, -0.15) is 0 Å². The van der Waals surface area contributed by atoms with Gasteiger partial charge in [0, 0.05) is 19.4 Å². The van der Waals surface area contributed by atoms with Crippen LogP contribution >= 0.6 is 0 Å². The van der Waals surface area contributed by atoms with Gasteiger partial charge in [0.15, 0.2) is 6.10 Å². The second-order valence-electron chi connectivity index (χ2n) is 12.8. The standard InChI is InChI=1S/C43H74O5/c1-4-7-9-11-13-15-17-19-21-22-23-24-26-28-30-32-34-37-43(45)48-41(40-47-42(44)36-6-3)39-46-38-35-33-31-29-27-25-20-18-16-14-12-10-8-5-2/h7,9,13,15,19,21,23-24,28,30,41H,4-6,8,10-12,14,16-18,20,22,25-27,29,31-40H2,1-3H3/b9-7-,15-13-,21-19-,24-23-,30-28-/t41-/m1/s1. The minimum absolute atomic E-state index is 0.0537. The Balaban J connectivity index is 4.02. The molecule has 0 aromatic carbocycles. The van der Waals surface area contributed by atoms with Crippen molar-refractivity contribution in [3.8, 4) is 0 Å². The van der Waals surface area contributed by atoms with Gasteiger partial charge in [0.2, 0.25) is 0 Å². The first-order valence-electron chi connectivity index (χ1n) is 19.8. The summed E-state index contributed by atoms with van der Waals surface area (Å²) in [5, 5.41) is 0. The molecule has 0 fully saturated rings. The van der Waals surface area contributed by atoms with Crippen LogP contribution in [0.2, 0.25) is 0 Å². The Morgan fingerprint density at radius 2 is 0.958 bits per heavy atom. The van der Waals surface area contributed by atoms with Gasteiger partial charge in [-0.1, -0.05) is 165 Å². The molecule has 0 unspecified atom stereocenters. The molecule has 0 aliphatic rings. The van der Waals surface area contributed by atoms with Crippen LogP contribution in [0.25, 0.3) is 0 Å². The van der Waals surface area contributed by atoms with Gasteiger partial charge in [0.05, 0.1) is 6.61 Å². The van der Waals surface area contributed by atoms with Crippen molar-refractivity contribution in [1.29, 1.82) is 0 Å². The molecule has 0 radical (unpaired) electrons. The highest BCUT2D eigenvalue weighted by Gasteiger charge is 2.17. The highest BCUT2D eigenvalue weighted by Crippen LogP contribution is 2.13. The summed E-state index contributed by atoms with van der Waals surface area (Å²) in [6.07, 6.45) is 47.7. The van der Waals surface area contributed by atoms with Crippen LogP contribution in [0.15, 0.2) is 60.8 Å². The maximum Gasteiger partial charge on any atom is 0.306 e. The van der Waals surface area contributed by atoms with Crippen LogP contribution in [0.4, 0.5) is 0 Å². The molecule has 0 rings (SSSR count). The molecule has 0 saturated heterocycles. The Bertz CT molecular complexity index is 853. The van der Waals surface area contributed by atoms with E-state index in [9.17, 15) is 9.59 Å². The number of allylic oxidation sites excluding steroid dienone is 10. The SMILES string of the molecule is CC/C=C\C/C=C\C/C=C\C/C=C\C/C=C\CCCC(=O)O[C@H](COCCCCCCCCCCCCCCCC)COC(=O)CCC. The van der Waals surface area contributed by atoms with Crippen LogP contribution in [0.5, 0.6) is 0 Å². The molecule has 0 N–H and O–H groups in total. The number of carbonyl (C=O) groups excluding carboxylic acids is 2. The molecule has 0 saturated carbocycles. The van der Waals surface area contributed by atoms with Gasteiger partial charge >= 0.3 is 11.9 Å². The molecular weight excluding hydrogens is 596 g/mol. The second-order valence-corrected chi connectivity index (χ2v) is 12.8. The molecule has 0 aliphatic heterocycles. The maximum atomic E-state index is 12.5. The number of ether oxygens (including phenoxy) is 3. The van der Waals surface area contributed by atoms with Gasteiger partial charge in [-0.25, -0.2) is 0 Å². The normalized spacial score (nSPS) is 12.8. The molecule has 0 amide bonds. The van der Waals surface area contributed by atoms with Crippen molar-refractivity contribution in [1.82, 2.24) is 0 Å². The third-order valence-electron chi connectivity index (χ3n) is 8.04. The third kappa shape index (κ3) is 36.4. The van der Waals surface area contributed by atoms with Gasteiger partial charge in [0.1, 0.15) is 6.61 Å². The van der Waals surface area contributed by atoms with Gasteiger partial charge in [-0.15, -0.1) is 0 Å². The Morgan fingerprint density at radius 1 is 0.479 bits per heavy atom. The molecule has 5 nitrogen and oxygen atoms in total. The summed E-state index contributed by atoms with van der Waals surface area (Å²) in [7, 11) is 0. The van der Waals surface area contributed by atoms with Crippen molar-refractivity contribution in [3.63, 3.8) is 0 Å². The van der Waals surface area contributed by atoms with E-state index >= 15 is 0 Å². The molecular formula is C43H74O5. The second kappa shape index (κ2) is 39.0. The molecule has 0 aromatic heterocycles. The van der Waals surface area contributed by atoms with Crippen LogP contribution in [0.1, 0.15) is 175 Å². The van der Waals surface area contributed by atoms with E-state index in [0.717, 1.165) is 64.2 Å². The van der Waals surface area contributed by atoms with Gasteiger partial charge in [0.25, 0.3) is 0 Å². The van der Waals surface area contributed by atoms with Crippen LogP contribution in [0.3, 0.4) is 0 Å². The Morgan fingerprint density at radius 3 is 1.46 bits per heavy atom. The van der Waals surface area contributed by atoms with Crippen molar-refractivity contribution in [2.45, 2.75) is 181 Å². The number of esters is 2. The third-order valence-corrected chi connectivity index (χ3v) is 8.04. The van der Waals surface area contributed by atoms with Crippen molar-refractivity contribution >= 4 is 11.9 Å². The first kappa shape index (κ1) is 45.6. The largest absolute Gasteiger partial charge is 0.462 e. The molecule has 0 aromatic rings. The topological polar surface area (TPSA) is 61.8 Å². The summed E-state index contributed by atoms with van der Waals surface area (Å²) < 4.78 is 16.8. The highest BCUT2D eigenvalue weighted by molar-refractivity contribution is 5.70. The summed E-state index contributed by atoms with van der Waals surface area (Å²) in [6.45, 7) is 7.32. The van der Waals surface area contributed by atoms with Crippen LogP contribution < -0.4 is 0 Å². The lowest BCUT2D eigenvalue weighted by atomic mass is 10.0. The van der Waals surface area contributed by atoms with E-state index in [1.807, 2.05) is 6.92 Å². The number of unbranched alkanes of at least 4 members (excludes halogenated alkanes) is 14. The lowest BCUT2D eigenvalue weighted by Gasteiger charge is -2.18. The van der Waals surface area contributed by atoms with E-state index in [4.69, 9.17) is 14.2 Å². The van der Waals surface area contributed by atoms with E-state index in [1.165, 1.54) is 77.0 Å². The zero-order valence-electron chi connectivity index (χ0n) is 31.5. The fourth-order valence-electron chi connectivity index (χ4n) is 5.17. The van der Waals surface area contributed by atoms with E-state index < -0.39 is 6.10 Å². The average Bonchev–Trinajstić information content (AvgIpc) is 3.08. The fourth-order valence-corrected chi connectivity index (χ4v) is 5.17. The molecule has 0 aliphatic carbocycles. The number of rotatable bonds is 35. The fraction of sp³-hybridized carbons (Fsp3) is 0.721. The molecule has 48 heavy (non-hydrogen) atoms. The number of hydrogen-bond donors (Lipinski definition) is 0. The molecule has 5 heteroatoms. The predicted octanol–water partition coefficient (Wildman–Crippen LogP) is 12.7. The number of hydrogen-bond acceptors (Lipinski definition) is 5. The highest BCUT2D eigenvalue weighted by atomic mass is 16.6. The van der Waals surface area contributed by atoms with E-state index in [-0.39, 0.29) is 25.2 Å². The Kier molecular flexibility index (Phi) is 37.1. The Labute approximate surface area is 296 Å². The monoisotopic (exact) mass is 671 g/mol. The molecule has 0 bridgehead atoms. The van der Waals surface area contributed by atoms with Crippen LogP contribution in [-0.2, 0) is 23.8 Å². The van der Waals surface area contributed by atoms with E-state index in [2.05, 4.69) is 74.6 Å². The van der Waals surface area contributed by atoms with Gasteiger partial charge in [-0.3, -0.25) is 9.59 Å². The smallest absolute Gasteiger partial charge is 0.306 e. The van der Waals surface area contributed by atoms with Crippen LogP contribution in [0, 0.1) is 0 Å². The minimum atomic E-state index is -0.557. The Hall–Kier alpha value is -2.40. The predicted molar refractivity (Wildman–Crippen MR) is 205 cm³/mol.